The van der Waals surface area contributed by atoms with Gasteiger partial charge in [-0.2, -0.15) is 0 Å². The van der Waals surface area contributed by atoms with Crippen molar-refractivity contribution in [3.8, 4) is 22.3 Å². The molecule has 1 aliphatic carbocycles. The molecule has 0 aliphatic heterocycles. The van der Waals surface area contributed by atoms with Gasteiger partial charge in [0.15, 0.2) is 0 Å². The molecule has 0 amide bonds. The van der Waals surface area contributed by atoms with Gasteiger partial charge in [0.05, 0.1) is 0 Å². The normalized spacial score (nSPS) is 12.6. The number of aryl methyl sites for hydroxylation is 1. The minimum Gasteiger partial charge on any atom is -0.456 e. The van der Waals surface area contributed by atoms with Gasteiger partial charge >= 0.3 is 0 Å². The van der Waals surface area contributed by atoms with Gasteiger partial charge < -0.3 is 9.32 Å². The lowest BCUT2D eigenvalue weighted by Gasteiger charge is -2.27. The molecule has 0 bridgehead atoms. The van der Waals surface area contributed by atoms with Crippen LogP contribution in [0.2, 0.25) is 0 Å². The molecule has 2 nitrogen and oxygen atoms in total. The molecule has 1 aromatic heterocycles. The fraction of sp³-hybridized carbons (Fsp3) is 0.0385. The van der Waals surface area contributed by atoms with Crippen LogP contribution in [0, 0.1) is 0 Å². The molecule has 0 saturated carbocycles. The minimum absolute atomic E-state index is 0.891. The maximum Gasteiger partial charge on any atom is 0.135 e. The van der Waals surface area contributed by atoms with E-state index in [4.69, 9.17) is 4.42 Å². The molecular weight excluding hydrogens is 655 g/mol. The van der Waals surface area contributed by atoms with Crippen molar-refractivity contribution in [2.75, 3.05) is 4.90 Å². The van der Waals surface area contributed by atoms with Crippen LogP contribution in [0.25, 0.3) is 82.6 Å². The SMILES string of the molecule is C1=Cc2c(cc(-c3cccc(N(c4ccc(-c5cc6ccccc6c6ccccc56)cc4)c4ccc5oc6ccccc6c5c4)c3)c3ccccc23)CC1. The monoisotopic (exact) mass is 689 g/mol. The summed E-state index contributed by atoms with van der Waals surface area (Å²) in [6.45, 7) is 0. The molecule has 0 atom stereocenters. The van der Waals surface area contributed by atoms with E-state index in [0.717, 1.165) is 51.8 Å². The highest BCUT2D eigenvalue weighted by Crippen LogP contribution is 2.43. The molecule has 0 radical (unpaired) electrons. The molecule has 0 saturated heterocycles. The molecule has 2 heteroatoms. The molecule has 10 aromatic rings. The van der Waals surface area contributed by atoms with Crippen LogP contribution in [0.15, 0.2) is 186 Å². The number of hydrogen-bond donors (Lipinski definition) is 0. The van der Waals surface area contributed by atoms with Crippen LogP contribution in [0.1, 0.15) is 17.5 Å². The van der Waals surface area contributed by atoms with Crippen molar-refractivity contribution < 1.29 is 4.42 Å². The molecule has 0 fully saturated rings. The average Bonchev–Trinajstić information content (AvgIpc) is 3.62. The van der Waals surface area contributed by atoms with Gasteiger partial charge in [-0.25, -0.2) is 0 Å². The Morgan fingerprint density at radius 1 is 0.407 bits per heavy atom. The average molecular weight is 690 g/mol. The Bertz CT molecular complexity index is 3110. The Morgan fingerprint density at radius 2 is 1.06 bits per heavy atom. The van der Waals surface area contributed by atoms with Crippen molar-refractivity contribution in [3.05, 3.63) is 193 Å². The van der Waals surface area contributed by atoms with Crippen molar-refractivity contribution in [2.45, 2.75) is 12.8 Å². The zero-order valence-electron chi connectivity index (χ0n) is 29.7. The Balaban J connectivity index is 1.09. The lowest BCUT2D eigenvalue weighted by atomic mass is 9.87. The number of benzene rings is 9. The lowest BCUT2D eigenvalue weighted by molar-refractivity contribution is 0.669. The molecule has 1 heterocycles. The van der Waals surface area contributed by atoms with Crippen molar-refractivity contribution in [1.82, 2.24) is 0 Å². The summed E-state index contributed by atoms with van der Waals surface area (Å²) < 4.78 is 6.27. The van der Waals surface area contributed by atoms with Crippen molar-refractivity contribution in [3.63, 3.8) is 0 Å². The van der Waals surface area contributed by atoms with Crippen LogP contribution in [-0.4, -0.2) is 0 Å². The van der Waals surface area contributed by atoms with Crippen molar-refractivity contribution >= 4 is 77.4 Å². The van der Waals surface area contributed by atoms with Gasteiger partial charge in [0.1, 0.15) is 11.2 Å². The lowest BCUT2D eigenvalue weighted by Crippen LogP contribution is -2.10. The van der Waals surface area contributed by atoms with Gasteiger partial charge in [0, 0.05) is 27.8 Å². The van der Waals surface area contributed by atoms with E-state index in [0.29, 0.717) is 0 Å². The highest BCUT2D eigenvalue weighted by Gasteiger charge is 2.19. The standard InChI is InChI=1S/C52H35NO/c1-3-16-41-36(12-1)31-48(45-20-7-5-18-43(41)45)34-24-26-38(27-25-34)53(40-28-29-52-50(33-40)47-22-9-10-23-51(47)54-52)39-15-11-14-35(30-39)49-32-37-13-2-4-17-42(37)44-19-6-8-21-46(44)49/h1,3-12,14-33H,2,13H2. The molecule has 1 aliphatic rings. The first-order valence-corrected chi connectivity index (χ1v) is 18.8. The van der Waals surface area contributed by atoms with E-state index in [1.807, 2.05) is 12.1 Å². The van der Waals surface area contributed by atoms with E-state index in [2.05, 4.69) is 181 Å². The van der Waals surface area contributed by atoms with E-state index >= 15 is 0 Å². The van der Waals surface area contributed by atoms with E-state index in [1.165, 1.54) is 65.7 Å². The van der Waals surface area contributed by atoms with Gasteiger partial charge in [0.25, 0.3) is 0 Å². The molecular formula is C52H35NO. The van der Waals surface area contributed by atoms with E-state index in [1.54, 1.807) is 0 Å². The fourth-order valence-corrected chi connectivity index (χ4v) is 8.73. The highest BCUT2D eigenvalue weighted by atomic mass is 16.3. The Morgan fingerprint density at radius 3 is 1.91 bits per heavy atom. The number of anilines is 3. The van der Waals surface area contributed by atoms with Crippen LogP contribution in [0.4, 0.5) is 17.1 Å². The summed E-state index contributed by atoms with van der Waals surface area (Å²) >= 11 is 0. The zero-order chi connectivity index (χ0) is 35.6. The third kappa shape index (κ3) is 4.95. The predicted octanol–water partition coefficient (Wildman–Crippen LogP) is 14.8. The highest BCUT2D eigenvalue weighted by molar-refractivity contribution is 6.14. The maximum atomic E-state index is 6.27. The first kappa shape index (κ1) is 30.7. The van der Waals surface area contributed by atoms with Gasteiger partial charge in [0.2, 0.25) is 0 Å². The number of hydrogen-bond acceptors (Lipinski definition) is 2. The van der Waals surface area contributed by atoms with E-state index in [-0.39, 0.29) is 0 Å². The molecule has 54 heavy (non-hydrogen) atoms. The summed E-state index contributed by atoms with van der Waals surface area (Å²) in [5, 5.41) is 9.90. The number of fused-ring (bicyclic) bond motifs is 9. The second kappa shape index (κ2) is 12.4. The van der Waals surface area contributed by atoms with Crippen LogP contribution in [0.3, 0.4) is 0 Å². The van der Waals surface area contributed by atoms with Gasteiger partial charge in [-0.1, -0.05) is 127 Å². The van der Waals surface area contributed by atoms with Crippen LogP contribution in [0.5, 0.6) is 0 Å². The van der Waals surface area contributed by atoms with Crippen LogP contribution < -0.4 is 4.90 Å². The minimum atomic E-state index is 0.891. The molecule has 254 valence electrons. The summed E-state index contributed by atoms with van der Waals surface area (Å²) in [5.74, 6) is 0. The van der Waals surface area contributed by atoms with Crippen molar-refractivity contribution in [1.29, 1.82) is 0 Å². The van der Waals surface area contributed by atoms with Gasteiger partial charge in [-0.05, 0) is 139 Å². The quantitative estimate of drug-likeness (QED) is 0.167. The topological polar surface area (TPSA) is 16.4 Å². The summed E-state index contributed by atoms with van der Waals surface area (Å²) in [7, 11) is 0. The second-order valence-electron chi connectivity index (χ2n) is 14.4. The maximum absolute atomic E-state index is 6.27. The number of para-hydroxylation sites is 1. The van der Waals surface area contributed by atoms with E-state index < -0.39 is 0 Å². The Hall–Kier alpha value is -6.90. The molecule has 9 aromatic carbocycles. The molecule has 0 unspecified atom stereocenters. The molecule has 0 spiro atoms. The third-order valence-electron chi connectivity index (χ3n) is 11.3. The molecule has 11 rings (SSSR count). The van der Waals surface area contributed by atoms with Crippen LogP contribution in [-0.2, 0) is 6.42 Å². The summed E-state index contributed by atoms with van der Waals surface area (Å²) in [6.07, 6.45) is 6.76. The summed E-state index contributed by atoms with van der Waals surface area (Å²) in [5.41, 5.74) is 12.8. The first-order valence-electron chi connectivity index (χ1n) is 18.8. The summed E-state index contributed by atoms with van der Waals surface area (Å²) in [4.78, 5) is 2.39. The number of furan rings is 1. The number of allylic oxidation sites excluding steroid dienone is 1. The predicted molar refractivity (Wildman–Crippen MR) is 229 cm³/mol. The van der Waals surface area contributed by atoms with E-state index in [9.17, 15) is 0 Å². The van der Waals surface area contributed by atoms with Gasteiger partial charge in [-0.3, -0.25) is 0 Å². The number of nitrogens with zero attached hydrogens (tertiary/aromatic N) is 1. The molecule has 0 N–H and O–H groups in total. The zero-order valence-corrected chi connectivity index (χ0v) is 29.7. The Labute approximate surface area is 313 Å². The van der Waals surface area contributed by atoms with Crippen molar-refractivity contribution in [2.24, 2.45) is 0 Å². The van der Waals surface area contributed by atoms with Crippen LogP contribution >= 0.6 is 0 Å². The Kier molecular flexibility index (Phi) is 7.03. The smallest absolute Gasteiger partial charge is 0.135 e. The third-order valence-corrected chi connectivity index (χ3v) is 11.3. The van der Waals surface area contributed by atoms with Gasteiger partial charge in [-0.15, -0.1) is 0 Å². The first-order chi connectivity index (χ1) is 26.8. The fourth-order valence-electron chi connectivity index (χ4n) is 8.73. The largest absolute Gasteiger partial charge is 0.456 e. The summed E-state index contributed by atoms with van der Waals surface area (Å²) in [6, 6.07) is 64.1. The second-order valence-corrected chi connectivity index (χ2v) is 14.4. The number of rotatable bonds is 5.